The Morgan fingerprint density at radius 2 is 1.30 bits per heavy atom. The molecule has 0 heterocycles. The minimum atomic E-state index is 0.00168. The molecule has 0 saturated heterocycles. The van der Waals surface area contributed by atoms with Crippen LogP contribution in [0, 0.1) is 0 Å². The standard InChI is InChI=1S/C30H22/c1-30(2)26-14-8-7-13-23(26)28-24-16-15-20-19-10-4-3-9-18(19)17-25(20)27(24)21-11-5-6-12-22(21)29(28)30/h3-16H,17H2,1-2H3. The Morgan fingerprint density at radius 3 is 2.17 bits per heavy atom. The fourth-order valence-electron chi connectivity index (χ4n) is 6.23. The molecule has 0 N–H and O–H groups in total. The number of hydrogen-bond donors (Lipinski definition) is 0. The Hall–Kier alpha value is -3.38. The van der Waals surface area contributed by atoms with Crippen LogP contribution in [-0.2, 0) is 11.8 Å². The first kappa shape index (κ1) is 16.4. The van der Waals surface area contributed by atoms with Crippen LogP contribution in [-0.4, -0.2) is 0 Å². The fourth-order valence-corrected chi connectivity index (χ4v) is 6.23. The third kappa shape index (κ3) is 1.83. The van der Waals surface area contributed by atoms with Gasteiger partial charge in [0.2, 0.25) is 0 Å². The average molecular weight is 383 g/mol. The highest BCUT2D eigenvalue weighted by molar-refractivity contribution is 6.20. The molecular formula is C30H22. The Kier molecular flexibility index (Phi) is 2.96. The maximum absolute atomic E-state index is 2.39. The monoisotopic (exact) mass is 382 g/mol. The van der Waals surface area contributed by atoms with Gasteiger partial charge >= 0.3 is 0 Å². The Balaban J connectivity index is 1.73. The van der Waals surface area contributed by atoms with Gasteiger partial charge in [0.1, 0.15) is 0 Å². The molecule has 0 fully saturated rings. The lowest BCUT2D eigenvalue weighted by molar-refractivity contribution is 0.666. The predicted molar refractivity (Wildman–Crippen MR) is 127 cm³/mol. The molecule has 0 unspecified atom stereocenters. The van der Waals surface area contributed by atoms with Gasteiger partial charge in [0, 0.05) is 5.41 Å². The maximum Gasteiger partial charge on any atom is 0.0165 e. The Morgan fingerprint density at radius 1 is 0.600 bits per heavy atom. The lowest BCUT2D eigenvalue weighted by Crippen LogP contribution is -2.15. The minimum Gasteiger partial charge on any atom is -0.0619 e. The van der Waals surface area contributed by atoms with Gasteiger partial charge in [-0.25, -0.2) is 0 Å². The third-order valence-corrected chi connectivity index (χ3v) is 7.47. The molecule has 0 bridgehead atoms. The highest BCUT2D eigenvalue weighted by Crippen LogP contribution is 2.56. The molecule has 0 aliphatic heterocycles. The van der Waals surface area contributed by atoms with E-state index in [0.29, 0.717) is 0 Å². The molecule has 0 aromatic heterocycles. The second-order valence-corrected chi connectivity index (χ2v) is 9.31. The van der Waals surface area contributed by atoms with Crippen molar-refractivity contribution in [3.05, 3.63) is 107 Å². The van der Waals surface area contributed by atoms with E-state index in [1.807, 2.05) is 0 Å². The number of benzene rings is 5. The van der Waals surface area contributed by atoms with E-state index in [9.17, 15) is 0 Å². The number of rotatable bonds is 0. The van der Waals surface area contributed by atoms with Crippen LogP contribution < -0.4 is 0 Å². The van der Waals surface area contributed by atoms with Gasteiger partial charge in [0.25, 0.3) is 0 Å². The highest BCUT2D eigenvalue weighted by atomic mass is 14.4. The van der Waals surface area contributed by atoms with E-state index in [1.165, 1.54) is 66.1 Å². The number of fused-ring (bicyclic) bond motifs is 12. The molecule has 0 radical (unpaired) electrons. The molecular weight excluding hydrogens is 360 g/mol. The Labute approximate surface area is 176 Å². The van der Waals surface area contributed by atoms with E-state index in [-0.39, 0.29) is 5.41 Å². The summed E-state index contributed by atoms with van der Waals surface area (Å²) in [6, 6.07) is 31.7. The predicted octanol–water partition coefficient (Wildman–Crippen LogP) is 7.87. The molecule has 0 nitrogen and oxygen atoms in total. The summed E-state index contributed by atoms with van der Waals surface area (Å²) < 4.78 is 0. The molecule has 0 heteroatoms. The molecule has 5 aromatic rings. The Bertz CT molecular complexity index is 1530. The van der Waals surface area contributed by atoms with Crippen molar-refractivity contribution in [1.82, 2.24) is 0 Å². The third-order valence-electron chi connectivity index (χ3n) is 7.47. The van der Waals surface area contributed by atoms with Gasteiger partial charge in [-0.2, -0.15) is 0 Å². The van der Waals surface area contributed by atoms with E-state index in [0.717, 1.165) is 6.42 Å². The van der Waals surface area contributed by atoms with Crippen molar-refractivity contribution in [2.45, 2.75) is 25.7 Å². The highest BCUT2D eigenvalue weighted by Gasteiger charge is 2.38. The van der Waals surface area contributed by atoms with Crippen LogP contribution in [0.2, 0.25) is 0 Å². The SMILES string of the molecule is CC1(C)c2ccccc2-c2c1c1ccccc1c1c3c(ccc21)-c1ccccc1C3. The zero-order valence-corrected chi connectivity index (χ0v) is 17.3. The van der Waals surface area contributed by atoms with Crippen molar-refractivity contribution < 1.29 is 0 Å². The number of hydrogen-bond acceptors (Lipinski definition) is 0. The molecule has 0 atom stereocenters. The van der Waals surface area contributed by atoms with E-state index in [1.54, 1.807) is 0 Å². The molecule has 5 aromatic carbocycles. The maximum atomic E-state index is 2.39. The summed E-state index contributed by atoms with van der Waals surface area (Å²) in [5.74, 6) is 0. The summed E-state index contributed by atoms with van der Waals surface area (Å²) in [6.45, 7) is 4.78. The summed E-state index contributed by atoms with van der Waals surface area (Å²) in [5, 5.41) is 5.67. The van der Waals surface area contributed by atoms with E-state index >= 15 is 0 Å². The van der Waals surface area contributed by atoms with Crippen LogP contribution in [0.1, 0.15) is 36.1 Å². The lowest BCUT2D eigenvalue weighted by atomic mass is 9.78. The lowest BCUT2D eigenvalue weighted by Gasteiger charge is -2.24. The summed E-state index contributed by atoms with van der Waals surface area (Å²) in [7, 11) is 0. The van der Waals surface area contributed by atoms with Crippen LogP contribution in [0.25, 0.3) is 43.8 Å². The second-order valence-electron chi connectivity index (χ2n) is 9.31. The fraction of sp³-hybridized carbons (Fsp3) is 0.133. The normalized spacial score (nSPS) is 15.1. The van der Waals surface area contributed by atoms with Gasteiger partial charge in [-0.15, -0.1) is 0 Å². The van der Waals surface area contributed by atoms with E-state index in [4.69, 9.17) is 0 Å². The molecule has 7 rings (SSSR count). The van der Waals surface area contributed by atoms with Crippen molar-refractivity contribution in [3.8, 4) is 22.3 Å². The molecule has 30 heavy (non-hydrogen) atoms. The van der Waals surface area contributed by atoms with Crippen LogP contribution in [0.15, 0.2) is 84.9 Å². The summed E-state index contributed by atoms with van der Waals surface area (Å²) in [5.41, 5.74) is 11.5. The van der Waals surface area contributed by atoms with Crippen molar-refractivity contribution in [3.63, 3.8) is 0 Å². The van der Waals surface area contributed by atoms with Crippen LogP contribution in [0.3, 0.4) is 0 Å². The van der Waals surface area contributed by atoms with Crippen LogP contribution in [0.4, 0.5) is 0 Å². The molecule has 0 amide bonds. The molecule has 2 aliphatic rings. The first-order valence-corrected chi connectivity index (χ1v) is 10.8. The van der Waals surface area contributed by atoms with Crippen molar-refractivity contribution in [2.24, 2.45) is 0 Å². The molecule has 2 aliphatic carbocycles. The smallest absolute Gasteiger partial charge is 0.0165 e. The largest absolute Gasteiger partial charge is 0.0619 e. The minimum absolute atomic E-state index is 0.00168. The van der Waals surface area contributed by atoms with Gasteiger partial charge in [-0.05, 0) is 72.5 Å². The van der Waals surface area contributed by atoms with Gasteiger partial charge < -0.3 is 0 Å². The van der Waals surface area contributed by atoms with Crippen molar-refractivity contribution in [1.29, 1.82) is 0 Å². The molecule has 0 spiro atoms. The molecule has 0 saturated carbocycles. The first-order valence-electron chi connectivity index (χ1n) is 10.8. The second kappa shape index (κ2) is 5.40. The van der Waals surface area contributed by atoms with Gasteiger partial charge in [0.15, 0.2) is 0 Å². The quantitative estimate of drug-likeness (QED) is 0.234. The van der Waals surface area contributed by atoms with Gasteiger partial charge in [-0.3, -0.25) is 0 Å². The van der Waals surface area contributed by atoms with Crippen molar-refractivity contribution >= 4 is 21.5 Å². The van der Waals surface area contributed by atoms with E-state index < -0.39 is 0 Å². The first-order chi connectivity index (χ1) is 14.7. The van der Waals surface area contributed by atoms with Crippen molar-refractivity contribution in [2.75, 3.05) is 0 Å². The average Bonchev–Trinajstić information content (AvgIpc) is 3.27. The molecule has 142 valence electrons. The zero-order chi connectivity index (χ0) is 20.0. The summed E-state index contributed by atoms with van der Waals surface area (Å²) >= 11 is 0. The van der Waals surface area contributed by atoms with Crippen LogP contribution in [0.5, 0.6) is 0 Å². The van der Waals surface area contributed by atoms with Gasteiger partial charge in [-0.1, -0.05) is 98.8 Å². The van der Waals surface area contributed by atoms with Crippen LogP contribution >= 0.6 is 0 Å². The van der Waals surface area contributed by atoms with Gasteiger partial charge in [0.05, 0.1) is 0 Å². The zero-order valence-electron chi connectivity index (χ0n) is 17.3. The summed E-state index contributed by atoms with van der Waals surface area (Å²) in [4.78, 5) is 0. The topological polar surface area (TPSA) is 0 Å². The summed E-state index contributed by atoms with van der Waals surface area (Å²) in [6.07, 6.45) is 1.02. The van der Waals surface area contributed by atoms with E-state index in [2.05, 4.69) is 98.8 Å².